The van der Waals surface area contributed by atoms with E-state index in [4.69, 9.17) is 4.52 Å². The van der Waals surface area contributed by atoms with E-state index in [0.717, 1.165) is 5.56 Å². The van der Waals surface area contributed by atoms with Gasteiger partial charge in [-0.25, -0.2) is 0 Å². The van der Waals surface area contributed by atoms with Crippen molar-refractivity contribution < 1.29 is 9.32 Å². The monoisotopic (exact) mass is 216 g/mol. The predicted molar refractivity (Wildman–Crippen MR) is 59.9 cm³/mol. The summed E-state index contributed by atoms with van der Waals surface area (Å²) in [4.78, 5) is 11.7. The first-order chi connectivity index (χ1) is 7.83. The lowest BCUT2D eigenvalue weighted by atomic mass is 10.1. The maximum Gasteiger partial charge on any atom is 0.256 e. The molecule has 1 heterocycles. The van der Waals surface area contributed by atoms with Crippen molar-refractivity contribution in [1.82, 2.24) is 10.5 Å². The van der Waals surface area contributed by atoms with Gasteiger partial charge in [-0.1, -0.05) is 35.5 Å². The second kappa shape index (κ2) is 4.61. The highest BCUT2D eigenvalue weighted by Crippen LogP contribution is 2.21. The molecule has 0 aliphatic heterocycles. The van der Waals surface area contributed by atoms with E-state index >= 15 is 0 Å². The molecule has 1 aromatic heterocycles. The Balaban J connectivity index is 2.37. The minimum absolute atomic E-state index is 0.164. The standard InChI is InChI=1S/C12H12N2O2/c1-2-13-12(15)10-8-16-14-11(10)9-6-4-3-5-7-9/h3-8H,2H2,1H3,(H,13,15). The topological polar surface area (TPSA) is 55.1 Å². The molecule has 82 valence electrons. The molecule has 0 unspecified atom stereocenters. The summed E-state index contributed by atoms with van der Waals surface area (Å²) in [5.74, 6) is -0.164. The lowest BCUT2D eigenvalue weighted by Gasteiger charge is -2.01. The van der Waals surface area contributed by atoms with E-state index < -0.39 is 0 Å². The number of carbonyl (C=O) groups is 1. The van der Waals surface area contributed by atoms with Crippen LogP contribution in [0.4, 0.5) is 0 Å². The third kappa shape index (κ3) is 1.95. The molecule has 0 saturated carbocycles. The molecule has 0 aliphatic carbocycles. The highest BCUT2D eigenvalue weighted by atomic mass is 16.5. The van der Waals surface area contributed by atoms with Crippen LogP contribution in [0.2, 0.25) is 0 Å². The molecule has 0 fully saturated rings. The number of rotatable bonds is 3. The van der Waals surface area contributed by atoms with Crippen molar-refractivity contribution in [2.45, 2.75) is 6.92 Å². The average molecular weight is 216 g/mol. The van der Waals surface area contributed by atoms with Crippen molar-refractivity contribution >= 4 is 5.91 Å². The van der Waals surface area contributed by atoms with Crippen LogP contribution in [0.3, 0.4) is 0 Å². The molecule has 1 aromatic carbocycles. The number of hydrogen-bond donors (Lipinski definition) is 1. The van der Waals surface area contributed by atoms with Crippen LogP contribution >= 0.6 is 0 Å². The summed E-state index contributed by atoms with van der Waals surface area (Å²) < 4.78 is 4.86. The zero-order valence-corrected chi connectivity index (χ0v) is 8.93. The third-order valence-electron chi connectivity index (χ3n) is 2.20. The van der Waals surface area contributed by atoms with Crippen LogP contribution < -0.4 is 5.32 Å². The number of carbonyl (C=O) groups excluding carboxylic acids is 1. The van der Waals surface area contributed by atoms with Gasteiger partial charge in [-0.2, -0.15) is 0 Å². The zero-order chi connectivity index (χ0) is 11.4. The van der Waals surface area contributed by atoms with Gasteiger partial charge in [0.2, 0.25) is 0 Å². The van der Waals surface area contributed by atoms with Gasteiger partial charge in [0.25, 0.3) is 5.91 Å². The smallest absolute Gasteiger partial charge is 0.256 e. The number of nitrogens with zero attached hydrogens (tertiary/aromatic N) is 1. The Kier molecular flexibility index (Phi) is 3.00. The Hall–Kier alpha value is -2.10. The minimum Gasteiger partial charge on any atom is -0.363 e. The summed E-state index contributed by atoms with van der Waals surface area (Å²) >= 11 is 0. The predicted octanol–water partition coefficient (Wildman–Crippen LogP) is 2.09. The molecule has 2 rings (SSSR count). The van der Waals surface area contributed by atoms with Gasteiger partial charge in [-0.3, -0.25) is 4.79 Å². The SMILES string of the molecule is CCNC(=O)c1conc1-c1ccccc1. The number of hydrogen-bond acceptors (Lipinski definition) is 3. The molecule has 1 amide bonds. The molecule has 0 atom stereocenters. The molecular weight excluding hydrogens is 204 g/mol. The van der Waals surface area contributed by atoms with Crippen LogP contribution in [-0.4, -0.2) is 17.6 Å². The molecule has 2 aromatic rings. The highest BCUT2D eigenvalue weighted by Gasteiger charge is 2.16. The van der Waals surface area contributed by atoms with Gasteiger partial charge in [0, 0.05) is 12.1 Å². The largest absolute Gasteiger partial charge is 0.363 e. The van der Waals surface area contributed by atoms with Crippen LogP contribution in [0.1, 0.15) is 17.3 Å². The van der Waals surface area contributed by atoms with Crippen molar-refractivity contribution in [1.29, 1.82) is 0 Å². The summed E-state index contributed by atoms with van der Waals surface area (Å²) in [7, 11) is 0. The lowest BCUT2D eigenvalue weighted by molar-refractivity contribution is 0.0956. The summed E-state index contributed by atoms with van der Waals surface area (Å²) in [5, 5.41) is 6.57. The number of nitrogens with one attached hydrogen (secondary N) is 1. The molecule has 0 aliphatic rings. The van der Waals surface area contributed by atoms with Gasteiger partial charge in [0.15, 0.2) is 0 Å². The maximum atomic E-state index is 11.7. The second-order valence-corrected chi connectivity index (χ2v) is 3.30. The van der Waals surface area contributed by atoms with E-state index in [1.807, 2.05) is 37.3 Å². The molecule has 0 saturated heterocycles. The first-order valence-corrected chi connectivity index (χ1v) is 5.11. The Bertz CT molecular complexity index is 477. The molecule has 0 radical (unpaired) electrons. The molecule has 0 spiro atoms. The third-order valence-corrected chi connectivity index (χ3v) is 2.20. The Morgan fingerprint density at radius 2 is 2.12 bits per heavy atom. The van der Waals surface area contributed by atoms with Crippen LogP contribution in [0.5, 0.6) is 0 Å². The molecule has 4 heteroatoms. The van der Waals surface area contributed by atoms with Gasteiger partial charge in [0.1, 0.15) is 17.5 Å². The lowest BCUT2D eigenvalue weighted by Crippen LogP contribution is -2.22. The van der Waals surface area contributed by atoms with Gasteiger partial charge in [0.05, 0.1) is 0 Å². The van der Waals surface area contributed by atoms with E-state index in [1.165, 1.54) is 6.26 Å². The van der Waals surface area contributed by atoms with E-state index in [0.29, 0.717) is 17.8 Å². The van der Waals surface area contributed by atoms with Gasteiger partial charge < -0.3 is 9.84 Å². The Labute approximate surface area is 93.3 Å². The van der Waals surface area contributed by atoms with E-state index in [1.54, 1.807) is 0 Å². The van der Waals surface area contributed by atoms with E-state index in [-0.39, 0.29) is 5.91 Å². The van der Waals surface area contributed by atoms with E-state index in [9.17, 15) is 4.79 Å². The Morgan fingerprint density at radius 1 is 1.38 bits per heavy atom. The first-order valence-electron chi connectivity index (χ1n) is 5.11. The quantitative estimate of drug-likeness (QED) is 0.854. The van der Waals surface area contributed by atoms with Gasteiger partial charge in [-0.05, 0) is 6.92 Å². The average Bonchev–Trinajstić information content (AvgIpc) is 2.79. The summed E-state index contributed by atoms with van der Waals surface area (Å²) in [6.07, 6.45) is 1.37. The summed E-state index contributed by atoms with van der Waals surface area (Å²) in [6.45, 7) is 2.45. The summed E-state index contributed by atoms with van der Waals surface area (Å²) in [5.41, 5.74) is 1.91. The fourth-order valence-electron chi connectivity index (χ4n) is 1.46. The first kappa shape index (κ1) is 10.4. The normalized spacial score (nSPS) is 10.1. The maximum absolute atomic E-state index is 11.7. The van der Waals surface area contributed by atoms with Crippen molar-refractivity contribution in [2.24, 2.45) is 0 Å². The molecule has 1 N–H and O–H groups in total. The van der Waals surface area contributed by atoms with Crippen LogP contribution in [-0.2, 0) is 0 Å². The van der Waals surface area contributed by atoms with E-state index in [2.05, 4.69) is 10.5 Å². The molecule has 16 heavy (non-hydrogen) atoms. The van der Waals surface area contributed by atoms with Crippen molar-refractivity contribution in [3.8, 4) is 11.3 Å². The number of benzene rings is 1. The number of amides is 1. The van der Waals surface area contributed by atoms with Gasteiger partial charge >= 0.3 is 0 Å². The minimum atomic E-state index is -0.164. The fourth-order valence-corrected chi connectivity index (χ4v) is 1.46. The van der Waals surface area contributed by atoms with Crippen molar-refractivity contribution in [3.63, 3.8) is 0 Å². The zero-order valence-electron chi connectivity index (χ0n) is 8.93. The number of aromatic nitrogens is 1. The van der Waals surface area contributed by atoms with Crippen LogP contribution in [0, 0.1) is 0 Å². The second-order valence-electron chi connectivity index (χ2n) is 3.30. The van der Waals surface area contributed by atoms with Crippen LogP contribution in [0.25, 0.3) is 11.3 Å². The molecular formula is C12H12N2O2. The van der Waals surface area contributed by atoms with Crippen molar-refractivity contribution in [2.75, 3.05) is 6.54 Å². The van der Waals surface area contributed by atoms with Gasteiger partial charge in [-0.15, -0.1) is 0 Å². The van der Waals surface area contributed by atoms with Crippen LogP contribution in [0.15, 0.2) is 41.1 Å². The molecule has 0 bridgehead atoms. The Morgan fingerprint density at radius 3 is 2.81 bits per heavy atom. The highest BCUT2D eigenvalue weighted by molar-refractivity contribution is 5.99. The summed E-state index contributed by atoms with van der Waals surface area (Å²) in [6, 6.07) is 9.48. The fraction of sp³-hybridized carbons (Fsp3) is 0.167. The van der Waals surface area contributed by atoms with Crippen molar-refractivity contribution in [3.05, 3.63) is 42.2 Å². The molecule has 4 nitrogen and oxygen atoms in total.